The van der Waals surface area contributed by atoms with Gasteiger partial charge in [0.15, 0.2) is 5.65 Å². The van der Waals surface area contributed by atoms with E-state index in [1.54, 1.807) is 10.9 Å². The summed E-state index contributed by atoms with van der Waals surface area (Å²) in [5, 5.41) is 1.01. The highest BCUT2D eigenvalue weighted by Crippen LogP contribution is 2.10. The highest BCUT2D eigenvalue weighted by molar-refractivity contribution is 5.75. The second-order valence-corrected chi connectivity index (χ2v) is 5.40. The van der Waals surface area contributed by atoms with Crippen molar-refractivity contribution in [1.82, 2.24) is 9.66 Å². The standard InChI is InChI=1S/C17H25N3O/c1-3-5-6-7-8-12-19-20-16-15(10-9-11-18-16)13-14(4-2)17(20)21/h9-11,13,19H,3-8,12H2,1-2H3. The fourth-order valence-corrected chi connectivity index (χ4v) is 2.52. The van der Waals surface area contributed by atoms with Gasteiger partial charge in [0, 0.05) is 23.7 Å². The first kappa shape index (κ1) is 15.5. The number of nitrogens with one attached hydrogen (secondary N) is 1. The Labute approximate surface area is 126 Å². The molecule has 0 unspecified atom stereocenters. The number of fused-ring (bicyclic) bond motifs is 1. The Morgan fingerprint density at radius 3 is 2.76 bits per heavy atom. The van der Waals surface area contributed by atoms with E-state index in [1.165, 1.54) is 25.7 Å². The van der Waals surface area contributed by atoms with Crippen molar-refractivity contribution in [2.75, 3.05) is 12.0 Å². The average Bonchev–Trinajstić information content (AvgIpc) is 2.52. The van der Waals surface area contributed by atoms with Crippen molar-refractivity contribution in [1.29, 1.82) is 0 Å². The average molecular weight is 287 g/mol. The zero-order valence-corrected chi connectivity index (χ0v) is 13.1. The summed E-state index contributed by atoms with van der Waals surface area (Å²) in [6, 6.07) is 5.85. The molecule has 0 aliphatic carbocycles. The van der Waals surface area contributed by atoms with E-state index in [-0.39, 0.29) is 5.56 Å². The molecule has 0 saturated carbocycles. The Morgan fingerprint density at radius 2 is 2.00 bits per heavy atom. The van der Waals surface area contributed by atoms with Crippen LogP contribution in [0.15, 0.2) is 29.2 Å². The van der Waals surface area contributed by atoms with E-state index in [0.717, 1.165) is 30.3 Å². The van der Waals surface area contributed by atoms with Gasteiger partial charge in [-0.2, -0.15) is 0 Å². The molecule has 0 aliphatic heterocycles. The predicted octanol–water partition coefficient (Wildman–Crippen LogP) is 3.47. The molecule has 0 bridgehead atoms. The second-order valence-electron chi connectivity index (χ2n) is 5.40. The summed E-state index contributed by atoms with van der Waals surface area (Å²) in [7, 11) is 0. The fourth-order valence-electron chi connectivity index (χ4n) is 2.52. The minimum atomic E-state index is 0.0252. The Balaban J connectivity index is 2.14. The lowest BCUT2D eigenvalue weighted by molar-refractivity contribution is 0.629. The topological polar surface area (TPSA) is 46.9 Å². The minimum Gasteiger partial charge on any atom is -0.321 e. The zero-order valence-electron chi connectivity index (χ0n) is 13.1. The van der Waals surface area contributed by atoms with Crippen molar-refractivity contribution in [3.8, 4) is 0 Å². The number of pyridine rings is 2. The van der Waals surface area contributed by atoms with Gasteiger partial charge in [0.1, 0.15) is 0 Å². The quantitative estimate of drug-likeness (QED) is 0.756. The molecule has 0 aliphatic rings. The second kappa shape index (κ2) is 7.81. The van der Waals surface area contributed by atoms with E-state index in [4.69, 9.17) is 0 Å². The molecule has 0 aromatic carbocycles. The molecule has 0 amide bonds. The third kappa shape index (κ3) is 3.84. The summed E-state index contributed by atoms with van der Waals surface area (Å²) < 4.78 is 1.62. The molecule has 0 saturated heterocycles. The van der Waals surface area contributed by atoms with Gasteiger partial charge in [-0.15, -0.1) is 0 Å². The van der Waals surface area contributed by atoms with Gasteiger partial charge in [-0.05, 0) is 31.0 Å². The summed E-state index contributed by atoms with van der Waals surface area (Å²) in [5.74, 6) is 0. The summed E-state index contributed by atoms with van der Waals surface area (Å²) in [5.41, 5.74) is 4.82. The lowest BCUT2D eigenvalue weighted by Crippen LogP contribution is -2.32. The van der Waals surface area contributed by atoms with Crippen LogP contribution in [0, 0.1) is 0 Å². The Hall–Kier alpha value is -1.84. The van der Waals surface area contributed by atoms with Gasteiger partial charge in [0.05, 0.1) is 0 Å². The zero-order chi connectivity index (χ0) is 15.1. The summed E-state index contributed by atoms with van der Waals surface area (Å²) in [6.07, 6.45) is 8.55. The first-order valence-corrected chi connectivity index (χ1v) is 8.01. The number of hydrogen-bond donors (Lipinski definition) is 1. The maximum atomic E-state index is 12.4. The van der Waals surface area contributed by atoms with Crippen LogP contribution < -0.4 is 11.0 Å². The van der Waals surface area contributed by atoms with Gasteiger partial charge < -0.3 is 5.43 Å². The van der Waals surface area contributed by atoms with E-state index in [0.29, 0.717) is 5.65 Å². The van der Waals surface area contributed by atoms with E-state index < -0.39 is 0 Å². The van der Waals surface area contributed by atoms with E-state index >= 15 is 0 Å². The molecular weight excluding hydrogens is 262 g/mol. The molecule has 0 atom stereocenters. The molecule has 114 valence electrons. The van der Waals surface area contributed by atoms with Crippen LogP contribution in [0.25, 0.3) is 11.0 Å². The maximum Gasteiger partial charge on any atom is 0.273 e. The van der Waals surface area contributed by atoms with Crippen molar-refractivity contribution in [2.24, 2.45) is 0 Å². The van der Waals surface area contributed by atoms with Gasteiger partial charge in [-0.3, -0.25) is 4.79 Å². The Kier molecular flexibility index (Phi) is 5.78. The molecule has 2 rings (SSSR count). The third-order valence-corrected chi connectivity index (χ3v) is 3.77. The van der Waals surface area contributed by atoms with Crippen molar-refractivity contribution in [3.63, 3.8) is 0 Å². The fraction of sp³-hybridized carbons (Fsp3) is 0.529. The van der Waals surface area contributed by atoms with Crippen molar-refractivity contribution >= 4 is 11.0 Å². The first-order valence-electron chi connectivity index (χ1n) is 8.01. The van der Waals surface area contributed by atoms with Gasteiger partial charge >= 0.3 is 0 Å². The van der Waals surface area contributed by atoms with Crippen LogP contribution in [0.4, 0.5) is 0 Å². The third-order valence-electron chi connectivity index (χ3n) is 3.77. The number of aromatic nitrogens is 2. The molecule has 21 heavy (non-hydrogen) atoms. The van der Waals surface area contributed by atoms with Crippen LogP contribution in [-0.4, -0.2) is 16.2 Å². The molecule has 2 aromatic rings. The Morgan fingerprint density at radius 1 is 1.19 bits per heavy atom. The largest absolute Gasteiger partial charge is 0.321 e. The molecule has 1 N–H and O–H groups in total. The molecule has 0 fully saturated rings. The van der Waals surface area contributed by atoms with E-state index in [2.05, 4.69) is 17.3 Å². The Bertz CT molecular complexity index is 633. The maximum absolute atomic E-state index is 12.4. The normalized spacial score (nSPS) is 11.0. The van der Waals surface area contributed by atoms with Gasteiger partial charge in [-0.25, -0.2) is 9.66 Å². The number of aryl methyl sites for hydroxylation is 1. The number of nitrogens with zero attached hydrogens (tertiary/aromatic N) is 2. The molecule has 4 nitrogen and oxygen atoms in total. The number of rotatable bonds is 8. The van der Waals surface area contributed by atoms with Crippen molar-refractivity contribution in [3.05, 3.63) is 40.3 Å². The summed E-state index contributed by atoms with van der Waals surface area (Å²) in [4.78, 5) is 16.8. The highest BCUT2D eigenvalue weighted by Gasteiger charge is 2.08. The smallest absolute Gasteiger partial charge is 0.273 e. The van der Waals surface area contributed by atoms with Gasteiger partial charge in [0.2, 0.25) is 0 Å². The predicted molar refractivity (Wildman–Crippen MR) is 88.4 cm³/mol. The SMILES string of the molecule is CCCCCCCNn1c(=O)c(CC)cc2cccnc21. The van der Waals surface area contributed by atoms with Gasteiger partial charge in [-0.1, -0.05) is 39.5 Å². The van der Waals surface area contributed by atoms with Crippen LogP contribution in [0.2, 0.25) is 0 Å². The number of unbranched alkanes of at least 4 members (excludes halogenated alkanes) is 4. The summed E-state index contributed by atoms with van der Waals surface area (Å²) >= 11 is 0. The highest BCUT2D eigenvalue weighted by atomic mass is 16.1. The van der Waals surface area contributed by atoms with Crippen LogP contribution in [0.5, 0.6) is 0 Å². The van der Waals surface area contributed by atoms with E-state index in [9.17, 15) is 4.79 Å². The van der Waals surface area contributed by atoms with Crippen LogP contribution in [0.1, 0.15) is 51.5 Å². The molecule has 4 heteroatoms. The van der Waals surface area contributed by atoms with E-state index in [1.807, 2.05) is 25.1 Å². The van der Waals surface area contributed by atoms with Gasteiger partial charge in [0.25, 0.3) is 5.56 Å². The van der Waals surface area contributed by atoms with Crippen LogP contribution in [0.3, 0.4) is 0 Å². The molecule has 2 aromatic heterocycles. The monoisotopic (exact) mass is 287 g/mol. The lowest BCUT2D eigenvalue weighted by Gasteiger charge is -2.13. The minimum absolute atomic E-state index is 0.0252. The molecular formula is C17H25N3O. The molecule has 2 heterocycles. The first-order chi connectivity index (χ1) is 10.3. The van der Waals surface area contributed by atoms with Crippen LogP contribution in [-0.2, 0) is 6.42 Å². The molecule has 0 radical (unpaired) electrons. The lowest BCUT2D eigenvalue weighted by atomic mass is 10.1. The number of hydrogen-bond acceptors (Lipinski definition) is 3. The molecule has 0 spiro atoms. The van der Waals surface area contributed by atoms with Crippen molar-refractivity contribution < 1.29 is 0 Å². The van der Waals surface area contributed by atoms with Crippen LogP contribution >= 0.6 is 0 Å². The van der Waals surface area contributed by atoms with Crippen molar-refractivity contribution in [2.45, 2.75) is 52.4 Å². The summed E-state index contributed by atoms with van der Waals surface area (Å²) in [6.45, 7) is 5.03.